The van der Waals surface area contributed by atoms with Crippen molar-refractivity contribution < 1.29 is 9.18 Å². The molecule has 2 atom stereocenters. The Morgan fingerprint density at radius 3 is 3.05 bits per heavy atom. The molecule has 1 amide bonds. The highest BCUT2D eigenvalue weighted by Gasteiger charge is 2.26. The van der Waals surface area contributed by atoms with Gasteiger partial charge in [-0.25, -0.2) is 4.39 Å². The van der Waals surface area contributed by atoms with Crippen LogP contribution in [0.3, 0.4) is 0 Å². The van der Waals surface area contributed by atoms with Crippen LogP contribution in [0, 0.1) is 5.82 Å². The van der Waals surface area contributed by atoms with E-state index in [9.17, 15) is 9.18 Å². The number of hydrogen-bond donors (Lipinski definition) is 1. The molecule has 1 fully saturated rings. The molecule has 0 aromatic heterocycles. The highest BCUT2D eigenvalue weighted by atomic mass is 79.9. The largest absolute Gasteiger partial charge is 0.349 e. The van der Waals surface area contributed by atoms with Crippen LogP contribution in [0.4, 0.5) is 4.39 Å². The summed E-state index contributed by atoms with van der Waals surface area (Å²) in [5, 5.41) is 3.57. The number of hydrogen-bond acceptors (Lipinski definition) is 2. The third-order valence-corrected chi connectivity index (χ3v) is 5.16. The minimum Gasteiger partial charge on any atom is -0.349 e. The molecule has 0 heterocycles. The highest BCUT2D eigenvalue weighted by Crippen LogP contribution is 2.30. The first-order chi connectivity index (χ1) is 9.11. The Bertz CT molecular complexity index is 469. The first kappa shape index (κ1) is 14.9. The number of thioether (sulfide) groups is 1. The van der Waals surface area contributed by atoms with Gasteiger partial charge in [-0.1, -0.05) is 13.0 Å². The Morgan fingerprint density at radius 2 is 2.32 bits per heavy atom. The van der Waals surface area contributed by atoms with Crippen LogP contribution >= 0.6 is 27.7 Å². The van der Waals surface area contributed by atoms with Crippen molar-refractivity contribution >= 4 is 33.6 Å². The summed E-state index contributed by atoms with van der Waals surface area (Å²) in [5.74, 6) is 0.300. The molecule has 5 heteroatoms. The van der Waals surface area contributed by atoms with Gasteiger partial charge in [0.25, 0.3) is 5.91 Å². The topological polar surface area (TPSA) is 29.1 Å². The standard InChI is InChI=1S/C14H17BrFNOS/c1-2-19-10-7-6-9(8-10)17-14(18)11-4-3-5-12(15)13(11)16/h3-5,9-10H,2,6-8H2,1H3,(H,17,18). The molecule has 104 valence electrons. The zero-order valence-corrected chi connectivity index (χ0v) is 13.2. The van der Waals surface area contributed by atoms with Crippen LogP contribution in [-0.4, -0.2) is 23.0 Å². The lowest BCUT2D eigenvalue weighted by molar-refractivity contribution is 0.0933. The number of carbonyl (C=O) groups excluding carboxylic acids is 1. The summed E-state index contributed by atoms with van der Waals surface area (Å²) >= 11 is 5.04. The quantitative estimate of drug-likeness (QED) is 0.893. The van der Waals surface area contributed by atoms with Gasteiger partial charge in [-0.2, -0.15) is 11.8 Å². The summed E-state index contributed by atoms with van der Waals surface area (Å²) in [7, 11) is 0. The Kier molecular flexibility index (Phi) is 5.28. The average Bonchev–Trinajstić information content (AvgIpc) is 2.80. The van der Waals surface area contributed by atoms with E-state index in [0.717, 1.165) is 25.0 Å². The van der Waals surface area contributed by atoms with Crippen LogP contribution in [0.15, 0.2) is 22.7 Å². The summed E-state index contributed by atoms with van der Waals surface area (Å²) in [6, 6.07) is 4.96. The summed E-state index contributed by atoms with van der Waals surface area (Å²) in [6.07, 6.45) is 3.10. The normalized spacial score (nSPS) is 22.5. The fraction of sp³-hybridized carbons (Fsp3) is 0.500. The van der Waals surface area contributed by atoms with Crippen molar-refractivity contribution in [1.82, 2.24) is 5.32 Å². The second-order valence-electron chi connectivity index (χ2n) is 4.66. The molecular formula is C14H17BrFNOS. The predicted molar refractivity (Wildman–Crippen MR) is 81.1 cm³/mol. The van der Waals surface area contributed by atoms with E-state index >= 15 is 0 Å². The first-order valence-corrected chi connectivity index (χ1v) is 8.32. The monoisotopic (exact) mass is 345 g/mol. The molecule has 2 unspecified atom stereocenters. The van der Waals surface area contributed by atoms with Crippen LogP contribution in [-0.2, 0) is 0 Å². The number of nitrogens with one attached hydrogen (secondary N) is 1. The summed E-state index contributed by atoms with van der Waals surface area (Å²) in [4.78, 5) is 12.1. The van der Waals surface area contributed by atoms with E-state index in [-0.39, 0.29) is 17.5 Å². The number of carbonyl (C=O) groups is 1. The smallest absolute Gasteiger partial charge is 0.254 e. The van der Waals surface area contributed by atoms with E-state index < -0.39 is 5.82 Å². The molecule has 1 aromatic rings. The SMILES string of the molecule is CCSC1CCC(NC(=O)c2cccc(Br)c2F)C1. The van der Waals surface area contributed by atoms with Crippen molar-refractivity contribution in [2.24, 2.45) is 0 Å². The van der Waals surface area contributed by atoms with Gasteiger partial charge >= 0.3 is 0 Å². The van der Waals surface area contributed by atoms with E-state index in [4.69, 9.17) is 0 Å². The maximum Gasteiger partial charge on any atom is 0.254 e. The third kappa shape index (κ3) is 3.72. The number of halogens is 2. The zero-order valence-electron chi connectivity index (χ0n) is 10.8. The summed E-state index contributed by atoms with van der Waals surface area (Å²) < 4.78 is 14.1. The van der Waals surface area contributed by atoms with E-state index in [1.807, 2.05) is 11.8 Å². The van der Waals surface area contributed by atoms with Crippen LogP contribution in [0.5, 0.6) is 0 Å². The van der Waals surface area contributed by atoms with Gasteiger partial charge in [-0.3, -0.25) is 4.79 Å². The van der Waals surface area contributed by atoms with E-state index in [1.165, 1.54) is 6.07 Å². The molecule has 0 saturated heterocycles. The van der Waals surface area contributed by atoms with Gasteiger partial charge in [-0.05, 0) is 53.1 Å². The number of rotatable bonds is 4. The van der Waals surface area contributed by atoms with Crippen molar-refractivity contribution in [2.45, 2.75) is 37.5 Å². The van der Waals surface area contributed by atoms with Crippen molar-refractivity contribution in [1.29, 1.82) is 0 Å². The molecule has 2 rings (SSSR count). The molecule has 2 nitrogen and oxygen atoms in total. The predicted octanol–water partition coefficient (Wildman–Crippen LogP) is 3.99. The molecule has 0 radical (unpaired) electrons. The van der Waals surface area contributed by atoms with E-state index in [0.29, 0.717) is 9.72 Å². The minimum absolute atomic E-state index is 0.112. The summed E-state index contributed by atoms with van der Waals surface area (Å²) in [5.41, 5.74) is 0.112. The highest BCUT2D eigenvalue weighted by molar-refractivity contribution is 9.10. The maximum atomic E-state index is 13.8. The second kappa shape index (κ2) is 6.75. The lowest BCUT2D eigenvalue weighted by atomic mass is 10.1. The molecule has 1 saturated carbocycles. The maximum absolute atomic E-state index is 13.8. The summed E-state index contributed by atoms with van der Waals surface area (Å²) in [6.45, 7) is 2.15. The van der Waals surface area contributed by atoms with Gasteiger partial charge in [0.1, 0.15) is 5.82 Å². The second-order valence-corrected chi connectivity index (χ2v) is 7.09. The van der Waals surface area contributed by atoms with Crippen molar-refractivity contribution in [2.75, 3.05) is 5.75 Å². The van der Waals surface area contributed by atoms with Gasteiger partial charge in [0.15, 0.2) is 0 Å². The van der Waals surface area contributed by atoms with E-state index in [2.05, 4.69) is 28.2 Å². The van der Waals surface area contributed by atoms with Gasteiger partial charge < -0.3 is 5.32 Å². The van der Waals surface area contributed by atoms with Crippen LogP contribution < -0.4 is 5.32 Å². The first-order valence-electron chi connectivity index (χ1n) is 6.48. The van der Waals surface area contributed by atoms with Gasteiger partial charge in [0, 0.05) is 11.3 Å². The van der Waals surface area contributed by atoms with Gasteiger partial charge in [0.05, 0.1) is 10.0 Å². The minimum atomic E-state index is -0.488. The van der Waals surface area contributed by atoms with Crippen molar-refractivity contribution in [3.05, 3.63) is 34.1 Å². The molecule has 1 aromatic carbocycles. The average molecular weight is 346 g/mol. The Labute approximate surface area is 125 Å². The Morgan fingerprint density at radius 1 is 1.53 bits per heavy atom. The number of amides is 1. The van der Waals surface area contributed by atoms with Crippen molar-refractivity contribution in [3.63, 3.8) is 0 Å². The molecule has 1 aliphatic carbocycles. The van der Waals surface area contributed by atoms with Crippen LogP contribution in [0.1, 0.15) is 36.5 Å². The third-order valence-electron chi connectivity index (χ3n) is 3.32. The van der Waals surface area contributed by atoms with Crippen LogP contribution in [0.25, 0.3) is 0 Å². The molecule has 0 aliphatic heterocycles. The van der Waals surface area contributed by atoms with E-state index in [1.54, 1.807) is 12.1 Å². The van der Waals surface area contributed by atoms with Gasteiger partial charge in [-0.15, -0.1) is 0 Å². The van der Waals surface area contributed by atoms with Crippen LogP contribution in [0.2, 0.25) is 0 Å². The zero-order chi connectivity index (χ0) is 13.8. The fourth-order valence-electron chi connectivity index (χ4n) is 2.40. The molecule has 1 N–H and O–H groups in total. The molecule has 0 bridgehead atoms. The lowest BCUT2D eigenvalue weighted by Crippen LogP contribution is -2.33. The molecule has 1 aliphatic rings. The fourth-order valence-corrected chi connectivity index (χ4v) is 3.91. The molecule has 19 heavy (non-hydrogen) atoms. The van der Waals surface area contributed by atoms with Crippen molar-refractivity contribution in [3.8, 4) is 0 Å². The molecule has 0 spiro atoms. The van der Waals surface area contributed by atoms with Gasteiger partial charge in [0.2, 0.25) is 0 Å². The Balaban J connectivity index is 1.97. The Hall–Kier alpha value is -0.550. The number of benzene rings is 1. The molecular weight excluding hydrogens is 329 g/mol. The lowest BCUT2D eigenvalue weighted by Gasteiger charge is -2.13.